The minimum Gasteiger partial charge on any atom is -0.379 e. The molecule has 1 aromatic rings. The molecule has 0 spiro atoms. The van der Waals surface area contributed by atoms with Gasteiger partial charge in [0.05, 0.1) is 13.2 Å². The third-order valence-electron chi connectivity index (χ3n) is 4.11. The van der Waals surface area contributed by atoms with E-state index in [1.54, 1.807) is 0 Å². The Morgan fingerprint density at radius 2 is 2.41 bits per heavy atom. The monoisotopic (exact) mass is 232 g/mol. The number of hydrogen-bond acceptors (Lipinski definition) is 3. The average Bonchev–Trinajstić information content (AvgIpc) is 2.36. The summed E-state index contributed by atoms with van der Waals surface area (Å²) in [5.74, 6) is 0.799. The Morgan fingerprint density at radius 1 is 1.47 bits per heavy atom. The van der Waals surface area contributed by atoms with Gasteiger partial charge in [-0.2, -0.15) is 0 Å². The van der Waals surface area contributed by atoms with Crippen LogP contribution >= 0.6 is 0 Å². The van der Waals surface area contributed by atoms with Crippen molar-refractivity contribution in [2.45, 2.75) is 24.7 Å². The molecule has 0 amide bonds. The molecule has 2 fully saturated rings. The molecule has 92 valence electrons. The van der Waals surface area contributed by atoms with E-state index in [0.29, 0.717) is 0 Å². The van der Waals surface area contributed by atoms with Gasteiger partial charge in [0.15, 0.2) is 0 Å². The minimum atomic E-state index is 0.248. The van der Waals surface area contributed by atoms with E-state index in [4.69, 9.17) is 4.74 Å². The molecule has 3 heteroatoms. The molecule has 3 nitrogen and oxygen atoms in total. The van der Waals surface area contributed by atoms with Crippen molar-refractivity contribution in [2.24, 2.45) is 5.92 Å². The van der Waals surface area contributed by atoms with Crippen molar-refractivity contribution in [3.63, 3.8) is 0 Å². The molecule has 17 heavy (non-hydrogen) atoms. The number of aromatic nitrogens is 1. The maximum Gasteiger partial charge on any atom is 0.0586 e. The van der Waals surface area contributed by atoms with Gasteiger partial charge < -0.3 is 10.1 Å². The van der Waals surface area contributed by atoms with Gasteiger partial charge in [-0.05, 0) is 49.9 Å². The molecule has 2 aliphatic rings. The van der Waals surface area contributed by atoms with Crippen molar-refractivity contribution in [2.75, 3.05) is 26.3 Å². The molecule has 1 atom stereocenters. The van der Waals surface area contributed by atoms with Crippen LogP contribution in [0.2, 0.25) is 0 Å². The summed E-state index contributed by atoms with van der Waals surface area (Å²) in [6, 6.07) is 4.24. The summed E-state index contributed by atoms with van der Waals surface area (Å²) in [7, 11) is 0. The van der Waals surface area contributed by atoms with Crippen LogP contribution in [0.15, 0.2) is 24.5 Å². The summed E-state index contributed by atoms with van der Waals surface area (Å²) in [5.41, 5.74) is 1.61. The van der Waals surface area contributed by atoms with E-state index in [2.05, 4.69) is 16.4 Å². The quantitative estimate of drug-likeness (QED) is 0.862. The first-order valence-corrected chi connectivity index (χ1v) is 6.58. The smallest absolute Gasteiger partial charge is 0.0586 e. The molecule has 3 heterocycles. The average molecular weight is 232 g/mol. The van der Waals surface area contributed by atoms with Crippen molar-refractivity contribution in [3.8, 4) is 0 Å². The van der Waals surface area contributed by atoms with Gasteiger partial charge >= 0.3 is 0 Å². The molecule has 1 aromatic heterocycles. The minimum absolute atomic E-state index is 0.248. The number of nitrogens with zero attached hydrogens (tertiary/aromatic N) is 1. The van der Waals surface area contributed by atoms with Crippen molar-refractivity contribution in [3.05, 3.63) is 30.1 Å². The highest BCUT2D eigenvalue weighted by Gasteiger charge is 2.42. The van der Waals surface area contributed by atoms with E-state index in [0.717, 1.165) is 19.1 Å². The fourth-order valence-corrected chi connectivity index (χ4v) is 3.08. The number of hydrogen-bond donors (Lipinski definition) is 1. The van der Waals surface area contributed by atoms with Crippen LogP contribution < -0.4 is 5.32 Å². The summed E-state index contributed by atoms with van der Waals surface area (Å²) in [4.78, 5) is 4.25. The zero-order chi connectivity index (χ0) is 11.6. The van der Waals surface area contributed by atoms with E-state index in [1.807, 2.05) is 18.5 Å². The highest BCUT2D eigenvalue weighted by molar-refractivity contribution is 5.25. The van der Waals surface area contributed by atoms with Crippen molar-refractivity contribution >= 4 is 0 Å². The van der Waals surface area contributed by atoms with Gasteiger partial charge in [-0.25, -0.2) is 0 Å². The van der Waals surface area contributed by atoms with Gasteiger partial charge in [0.25, 0.3) is 0 Å². The molecule has 0 aromatic carbocycles. The summed E-state index contributed by atoms with van der Waals surface area (Å²) in [5, 5.41) is 3.50. The standard InChI is InChI=1S/C14H20N2O/c1-3-12(8-15-5-1)7-14(10-17-11-14)13-4-2-6-16-9-13/h2,4,6,9,12,15H,1,3,5,7-8,10-11H2. The van der Waals surface area contributed by atoms with Crippen LogP contribution in [0.25, 0.3) is 0 Å². The van der Waals surface area contributed by atoms with Gasteiger partial charge in [0.1, 0.15) is 0 Å². The van der Waals surface area contributed by atoms with Crippen LogP contribution in [0.4, 0.5) is 0 Å². The molecule has 0 radical (unpaired) electrons. The zero-order valence-electron chi connectivity index (χ0n) is 10.2. The number of ether oxygens (including phenoxy) is 1. The Balaban J connectivity index is 1.73. The van der Waals surface area contributed by atoms with Crippen LogP contribution in [-0.2, 0) is 10.2 Å². The number of pyridine rings is 1. The molecule has 0 bridgehead atoms. The van der Waals surface area contributed by atoms with Crippen LogP contribution in [-0.4, -0.2) is 31.3 Å². The molecule has 0 aliphatic carbocycles. The summed E-state index contributed by atoms with van der Waals surface area (Å²) in [6.07, 6.45) is 7.77. The summed E-state index contributed by atoms with van der Waals surface area (Å²) >= 11 is 0. The fraction of sp³-hybridized carbons (Fsp3) is 0.643. The molecular formula is C14H20N2O. The first kappa shape index (κ1) is 11.2. The highest BCUT2D eigenvalue weighted by Crippen LogP contribution is 2.39. The third kappa shape index (κ3) is 2.22. The van der Waals surface area contributed by atoms with Crippen LogP contribution in [0.5, 0.6) is 0 Å². The third-order valence-corrected chi connectivity index (χ3v) is 4.11. The number of nitrogens with one attached hydrogen (secondary N) is 1. The second kappa shape index (κ2) is 4.75. The van der Waals surface area contributed by atoms with Gasteiger partial charge in [0.2, 0.25) is 0 Å². The lowest BCUT2D eigenvalue weighted by atomic mass is 9.71. The molecule has 0 saturated carbocycles. The maximum atomic E-state index is 5.49. The lowest BCUT2D eigenvalue weighted by Gasteiger charge is -2.44. The van der Waals surface area contributed by atoms with E-state index >= 15 is 0 Å². The SMILES string of the molecule is c1cncc(C2(CC3CCCNC3)COC2)c1. The molecule has 2 saturated heterocycles. The van der Waals surface area contributed by atoms with E-state index in [9.17, 15) is 0 Å². The molecule has 2 aliphatic heterocycles. The highest BCUT2D eigenvalue weighted by atomic mass is 16.5. The lowest BCUT2D eigenvalue weighted by Crippen LogP contribution is -2.49. The molecule has 1 N–H and O–H groups in total. The Labute approximate surface area is 103 Å². The van der Waals surface area contributed by atoms with Gasteiger partial charge in [-0.3, -0.25) is 4.98 Å². The van der Waals surface area contributed by atoms with Gasteiger partial charge in [0, 0.05) is 17.8 Å². The second-order valence-corrected chi connectivity index (χ2v) is 5.43. The molecule has 3 rings (SSSR count). The van der Waals surface area contributed by atoms with Crippen molar-refractivity contribution < 1.29 is 4.74 Å². The van der Waals surface area contributed by atoms with Crippen LogP contribution in [0.3, 0.4) is 0 Å². The predicted molar refractivity (Wildman–Crippen MR) is 66.9 cm³/mol. The van der Waals surface area contributed by atoms with E-state index in [-0.39, 0.29) is 5.41 Å². The normalized spacial score (nSPS) is 27.4. The summed E-state index contributed by atoms with van der Waals surface area (Å²) in [6.45, 7) is 4.10. The second-order valence-electron chi connectivity index (χ2n) is 5.43. The maximum absolute atomic E-state index is 5.49. The summed E-state index contributed by atoms with van der Waals surface area (Å²) < 4.78 is 5.49. The van der Waals surface area contributed by atoms with Crippen molar-refractivity contribution in [1.29, 1.82) is 0 Å². The lowest BCUT2D eigenvalue weighted by molar-refractivity contribution is -0.0728. The first-order valence-electron chi connectivity index (χ1n) is 6.58. The van der Waals surface area contributed by atoms with E-state index in [1.165, 1.54) is 37.9 Å². The largest absolute Gasteiger partial charge is 0.379 e. The Hall–Kier alpha value is -0.930. The number of piperidine rings is 1. The van der Waals surface area contributed by atoms with Crippen LogP contribution in [0.1, 0.15) is 24.8 Å². The van der Waals surface area contributed by atoms with Gasteiger partial charge in [-0.1, -0.05) is 6.07 Å². The topological polar surface area (TPSA) is 34.2 Å². The van der Waals surface area contributed by atoms with E-state index < -0.39 is 0 Å². The Morgan fingerprint density at radius 3 is 3.00 bits per heavy atom. The number of rotatable bonds is 3. The Bertz CT molecular complexity index is 356. The zero-order valence-corrected chi connectivity index (χ0v) is 10.2. The fourth-order valence-electron chi connectivity index (χ4n) is 3.08. The molecule has 1 unspecified atom stereocenters. The predicted octanol–water partition coefficient (Wildman–Crippen LogP) is 1.74. The van der Waals surface area contributed by atoms with Gasteiger partial charge in [-0.15, -0.1) is 0 Å². The first-order chi connectivity index (χ1) is 8.39. The Kier molecular flexibility index (Phi) is 3.12. The van der Waals surface area contributed by atoms with Crippen molar-refractivity contribution in [1.82, 2.24) is 10.3 Å². The molecular weight excluding hydrogens is 212 g/mol. The van der Waals surface area contributed by atoms with Crippen LogP contribution in [0, 0.1) is 5.92 Å².